The first-order valence-electron chi connectivity index (χ1n) is 7.75. The van der Waals surface area contributed by atoms with Gasteiger partial charge in [-0.05, 0) is 76.9 Å². The minimum Gasteiger partial charge on any atom is -0.330 e. The number of nitrogens with zero attached hydrogens (tertiary/aromatic N) is 1. The summed E-state index contributed by atoms with van der Waals surface area (Å²) in [7, 11) is 0. The highest BCUT2D eigenvalue weighted by Gasteiger charge is 2.16. The van der Waals surface area contributed by atoms with Crippen LogP contribution in [0.2, 0.25) is 0 Å². The van der Waals surface area contributed by atoms with Crippen molar-refractivity contribution in [3.05, 3.63) is 0 Å². The van der Waals surface area contributed by atoms with E-state index in [0.717, 1.165) is 17.7 Å². The van der Waals surface area contributed by atoms with E-state index in [2.05, 4.69) is 29.8 Å². The topological polar surface area (TPSA) is 29.3 Å². The van der Waals surface area contributed by atoms with E-state index in [0.29, 0.717) is 0 Å². The fourth-order valence-corrected chi connectivity index (χ4v) is 3.72. The molecule has 0 saturated carbocycles. The zero-order valence-corrected chi connectivity index (χ0v) is 13.2. The van der Waals surface area contributed by atoms with Gasteiger partial charge in [-0.2, -0.15) is 11.8 Å². The number of hydrogen-bond acceptors (Lipinski definition) is 3. The molecule has 1 rings (SSSR count). The lowest BCUT2D eigenvalue weighted by Gasteiger charge is -2.21. The zero-order chi connectivity index (χ0) is 13.2. The summed E-state index contributed by atoms with van der Waals surface area (Å²) in [6.45, 7) is 7.11. The maximum absolute atomic E-state index is 5.66. The zero-order valence-electron chi connectivity index (χ0n) is 12.4. The summed E-state index contributed by atoms with van der Waals surface area (Å²) in [5.41, 5.74) is 5.66. The van der Waals surface area contributed by atoms with E-state index < -0.39 is 0 Å². The van der Waals surface area contributed by atoms with Crippen LogP contribution in [0.4, 0.5) is 0 Å². The number of nitrogens with two attached hydrogens (primary N) is 1. The molecule has 0 aromatic heterocycles. The second-order valence-electron chi connectivity index (χ2n) is 5.62. The quantitative estimate of drug-likeness (QED) is 0.734. The van der Waals surface area contributed by atoms with Crippen LogP contribution in [0.3, 0.4) is 0 Å². The molecular weight excluding hydrogens is 240 g/mol. The molecule has 1 aliphatic rings. The van der Waals surface area contributed by atoms with Crippen molar-refractivity contribution < 1.29 is 0 Å². The lowest BCUT2D eigenvalue weighted by Crippen LogP contribution is -2.26. The van der Waals surface area contributed by atoms with E-state index in [9.17, 15) is 0 Å². The van der Waals surface area contributed by atoms with E-state index >= 15 is 0 Å². The second-order valence-corrected chi connectivity index (χ2v) is 6.76. The number of thioether (sulfide) groups is 1. The predicted octanol–water partition coefficient (Wildman–Crippen LogP) is 3.36. The van der Waals surface area contributed by atoms with Crippen LogP contribution in [-0.2, 0) is 0 Å². The maximum Gasteiger partial charge on any atom is 0.00569 e. The maximum atomic E-state index is 5.66. The summed E-state index contributed by atoms with van der Waals surface area (Å²) in [5, 5.41) is 0.913. The Morgan fingerprint density at radius 1 is 1.28 bits per heavy atom. The molecule has 0 aliphatic carbocycles. The molecule has 1 fully saturated rings. The molecule has 1 saturated heterocycles. The Kier molecular flexibility index (Phi) is 9.16. The predicted molar refractivity (Wildman–Crippen MR) is 84.3 cm³/mol. The minimum atomic E-state index is 0.859. The summed E-state index contributed by atoms with van der Waals surface area (Å²) < 4.78 is 0. The Hall–Kier alpha value is 0.270. The second kappa shape index (κ2) is 10.1. The van der Waals surface area contributed by atoms with Crippen molar-refractivity contribution in [1.29, 1.82) is 0 Å². The van der Waals surface area contributed by atoms with E-state index in [1.54, 1.807) is 0 Å². The first-order chi connectivity index (χ1) is 8.80. The third-order valence-corrected chi connectivity index (χ3v) is 5.48. The van der Waals surface area contributed by atoms with E-state index in [1.165, 1.54) is 64.6 Å². The summed E-state index contributed by atoms with van der Waals surface area (Å²) in [6.07, 6.45) is 11.7. The standard InChI is InChI=1S/C15H32N2S/c1-3-14(8-10-16)6-4-11-17-12-5-7-15(18-2)9-13-17/h14-15H,3-13,16H2,1-2H3. The van der Waals surface area contributed by atoms with Gasteiger partial charge in [0.1, 0.15) is 0 Å². The molecule has 3 heteroatoms. The van der Waals surface area contributed by atoms with Crippen LogP contribution in [0.1, 0.15) is 51.9 Å². The first-order valence-corrected chi connectivity index (χ1v) is 9.04. The van der Waals surface area contributed by atoms with Gasteiger partial charge in [-0.3, -0.25) is 0 Å². The van der Waals surface area contributed by atoms with E-state index in [1.807, 2.05) is 0 Å². The smallest absolute Gasteiger partial charge is 0.00569 e. The molecule has 1 aliphatic heterocycles. The van der Waals surface area contributed by atoms with Gasteiger partial charge in [0.15, 0.2) is 0 Å². The van der Waals surface area contributed by atoms with Gasteiger partial charge in [0, 0.05) is 5.25 Å². The molecule has 18 heavy (non-hydrogen) atoms. The molecule has 2 atom stereocenters. The van der Waals surface area contributed by atoms with Gasteiger partial charge in [0.2, 0.25) is 0 Å². The lowest BCUT2D eigenvalue weighted by molar-refractivity contribution is 0.267. The Morgan fingerprint density at radius 3 is 2.78 bits per heavy atom. The molecule has 0 aromatic carbocycles. The molecule has 2 N–H and O–H groups in total. The molecule has 0 spiro atoms. The third kappa shape index (κ3) is 6.44. The van der Waals surface area contributed by atoms with Gasteiger partial charge >= 0.3 is 0 Å². The number of hydrogen-bond donors (Lipinski definition) is 1. The van der Waals surface area contributed by atoms with Gasteiger partial charge in [-0.15, -0.1) is 0 Å². The third-order valence-electron chi connectivity index (χ3n) is 4.34. The fraction of sp³-hybridized carbons (Fsp3) is 1.00. The van der Waals surface area contributed by atoms with Crippen LogP contribution in [0.5, 0.6) is 0 Å². The van der Waals surface area contributed by atoms with Crippen molar-refractivity contribution in [2.24, 2.45) is 11.7 Å². The molecule has 0 radical (unpaired) electrons. The molecule has 2 unspecified atom stereocenters. The average Bonchev–Trinajstić information content (AvgIpc) is 2.63. The number of rotatable bonds is 8. The summed E-state index contributed by atoms with van der Waals surface area (Å²) in [4.78, 5) is 2.69. The van der Waals surface area contributed by atoms with Crippen LogP contribution in [0, 0.1) is 5.92 Å². The van der Waals surface area contributed by atoms with Gasteiger partial charge in [0.05, 0.1) is 0 Å². The molecule has 1 heterocycles. The summed E-state index contributed by atoms with van der Waals surface area (Å²) in [6, 6.07) is 0. The first kappa shape index (κ1) is 16.3. The van der Waals surface area contributed by atoms with Gasteiger partial charge < -0.3 is 10.6 Å². The normalized spacial score (nSPS) is 23.8. The SMILES string of the molecule is CCC(CCN)CCCN1CCCC(SC)CC1. The van der Waals surface area contributed by atoms with Crippen LogP contribution in [-0.4, -0.2) is 42.6 Å². The monoisotopic (exact) mass is 272 g/mol. The lowest BCUT2D eigenvalue weighted by atomic mass is 9.96. The van der Waals surface area contributed by atoms with Crippen LogP contribution in [0.15, 0.2) is 0 Å². The highest BCUT2D eigenvalue weighted by Crippen LogP contribution is 2.22. The molecule has 0 amide bonds. The molecule has 0 aromatic rings. The Morgan fingerprint density at radius 2 is 2.11 bits per heavy atom. The van der Waals surface area contributed by atoms with Crippen molar-refractivity contribution in [3.8, 4) is 0 Å². The van der Waals surface area contributed by atoms with Gasteiger partial charge in [-0.1, -0.05) is 13.3 Å². The van der Waals surface area contributed by atoms with Crippen LogP contribution < -0.4 is 5.73 Å². The van der Waals surface area contributed by atoms with Crippen molar-refractivity contribution in [2.75, 3.05) is 32.4 Å². The largest absolute Gasteiger partial charge is 0.330 e. The Balaban J connectivity index is 2.14. The summed E-state index contributed by atoms with van der Waals surface area (Å²) >= 11 is 2.06. The highest BCUT2D eigenvalue weighted by molar-refractivity contribution is 7.99. The molecule has 2 nitrogen and oxygen atoms in total. The van der Waals surface area contributed by atoms with Crippen molar-refractivity contribution in [3.63, 3.8) is 0 Å². The summed E-state index contributed by atoms with van der Waals surface area (Å²) in [5.74, 6) is 0.862. The fourth-order valence-electron chi connectivity index (χ4n) is 2.98. The van der Waals surface area contributed by atoms with Crippen molar-refractivity contribution in [2.45, 2.75) is 57.1 Å². The number of likely N-dealkylation sites (tertiary alicyclic amines) is 1. The Labute approximate surface area is 118 Å². The van der Waals surface area contributed by atoms with Gasteiger partial charge in [0.25, 0.3) is 0 Å². The molecular formula is C15H32N2S. The highest BCUT2D eigenvalue weighted by atomic mass is 32.2. The average molecular weight is 273 g/mol. The van der Waals surface area contributed by atoms with E-state index in [4.69, 9.17) is 5.73 Å². The Bertz CT molecular complexity index is 199. The molecule has 108 valence electrons. The van der Waals surface area contributed by atoms with Crippen LogP contribution in [0.25, 0.3) is 0 Å². The van der Waals surface area contributed by atoms with Crippen LogP contribution >= 0.6 is 11.8 Å². The van der Waals surface area contributed by atoms with Crippen molar-refractivity contribution >= 4 is 11.8 Å². The van der Waals surface area contributed by atoms with Gasteiger partial charge in [-0.25, -0.2) is 0 Å². The molecule has 0 bridgehead atoms. The van der Waals surface area contributed by atoms with E-state index in [-0.39, 0.29) is 0 Å². The van der Waals surface area contributed by atoms with Crippen molar-refractivity contribution in [1.82, 2.24) is 4.90 Å². The minimum absolute atomic E-state index is 0.859.